The number of nitrogens with zero attached hydrogens (tertiary/aromatic N) is 3. The van der Waals surface area contributed by atoms with Crippen molar-refractivity contribution in [2.45, 2.75) is 63.6 Å². The van der Waals surface area contributed by atoms with Crippen LogP contribution in [0.2, 0.25) is 0 Å². The van der Waals surface area contributed by atoms with E-state index in [4.69, 9.17) is 11.3 Å². The van der Waals surface area contributed by atoms with Crippen molar-refractivity contribution in [2.24, 2.45) is 0 Å². The van der Waals surface area contributed by atoms with Crippen molar-refractivity contribution in [3.05, 3.63) is 40.1 Å². The molecule has 2 aromatic rings. The molecule has 0 spiro atoms. The quantitative estimate of drug-likeness (QED) is 0.834. The van der Waals surface area contributed by atoms with E-state index in [9.17, 15) is 4.79 Å². The number of fused-ring (bicyclic) bond motifs is 1. The van der Waals surface area contributed by atoms with E-state index >= 15 is 0 Å². The van der Waals surface area contributed by atoms with Gasteiger partial charge in [0.25, 0.3) is 0 Å². The number of rotatable bonds is 4. The summed E-state index contributed by atoms with van der Waals surface area (Å²) >= 11 is 0. The molecule has 1 saturated carbocycles. The average Bonchev–Trinajstić information content (AvgIpc) is 3.04. The third-order valence-corrected chi connectivity index (χ3v) is 6.26. The van der Waals surface area contributed by atoms with Gasteiger partial charge in [-0.25, -0.2) is 9.64 Å². The first-order valence-corrected chi connectivity index (χ1v) is 10.2. The standard InChI is InChI=1S/C21H28N4O2/c1-3-27-18-7-5-16(6-8-18)24-12-10-17(11-13-24)25-20-14-15(22-2)4-9-19(20)23-21(25)26/h4,9,14,16-18H,3,5-8,10-13H2,1H3,(H,23,26)/t16-,18-. The molecule has 6 heteroatoms. The van der Waals surface area contributed by atoms with Crippen molar-refractivity contribution >= 4 is 16.7 Å². The number of piperidine rings is 1. The summed E-state index contributed by atoms with van der Waals surface area (Å²) in [4.78, 5) is 21.6. The summed E-state index contributed by atoms with van der Waals surface area (Å²) < 4.78 is 7.66. The second-order valence-corrected chi connectivity index (χ2v) is 7.77. The number of H-pyrrole nitrogens is 1. The number of benzene rings is 1. The maximum absolute atomic E-state index is 12.5. The molecule has 1 aromatic carbocycles. The third kappa shape index (κ3) is 3.67. The van der Waals surface area contributed by atoms with Crippen molar-refractivity contribution in [2.75, 3.05) is 19.7 Å². The Morgan fingerprint density at radius 3 is 2.56 bits per heavy atom. The van der Waals surface area contributed by atoms with E-state index in [1.807, 2.05) is 16.7 Å². The molecule has 27 heavy (non-hydrogen) atoms. The number of aromatic amines is 1. The number of hydrogen-bond donors (Lipinski definition) is 1. The lowest BCUT2D eigenvalue weighted by molar-refractivity contribution is 0.00796. The molecule has 0 unspecified atom stereocenters. The van der Waals surface area contributed by atoms with Gasteiger partial charge < -0.3 is 14.6 Å². The molecule has 6 nitrogen and oxygen atoms in total. The number of ether oxygens (including phenoxy) is 1. The van der Waals surface area contributed by atoms with Gasteiger partial charge in [0.2, 0.25) is 0 Å². The molecule has 1 saturated heterocycles. The highest BCUT2D eigenvalue weighted by molar-refractivity contribution is 5.79. The maximum Gasteiger partial charge on any atom is 0.326 e. The highest BCUT2D eigenvalue weighted by atomic mass is 16.5. The van der Waals surface area contributed by atoms with Crippen LogP contribution in [-0.2, 0) is 4.74 Å². The van der Waals surface area contributed by atoms with Gasteiger partial charge >= 0.3 is 5.69 Å². The second-order valence-electron chi connectivity index (χ2n) is 7.77. The monoisotopic (exact) mass is 368 g/mol. The molecule has 4 rings (SSSR count). The Kier molecular flexibility index (Phi) is 5.33. The van der Waals surface area contributed by atoms with Crippen molar-refractivity contribution in [3.8, 4) is 0 Å². The number of imidazole rings is 1. The summed E-state index contributed by atoms with van der Waals surface area (Å²) in [6.07, 6.45) is 7.19. The molecular weight excluding hydrogens is 340 g/mol. The van der Waals surface area contributed by atoms with Crippen LogP contribution < -0.4 is 5.69 Å². The van der Waals surface area contributed by atoms with Gasteiger partial charge in [-0.1, -0.05) is 6.07 Å². The smallest absolute Gasteiger partial charge is 0.326 e. The Morgan fingerprint density at radius 2 is 1.89 bits per heavy atom. The first kappa shape index (κ1) is 18.3. The maximum atomic E-state index is 12.5. The van der Waals surface area contributed by atoms with Crippen LogP contribution in [0.5, 0.6) is 0 Å². The predicted octanol–water partition coefficient (Wildman–Crippen LogP) is 3.86. The molecule has 1 aliphatic carbocycles. The largest absolute Gasteiger partial charge is 0.379 e. The molecule has 1 aromatic heterocycles. The topological polar surface area (TPSA) is 54.6 Å². The Labute approximate surface area is 159 Å². The van der Waals surface area contributed by atoms with Crippen LogP contribution in [0, 0.1) is 6.57 Å². The third-order valence-electron chi connectivity index (χ3n) is 6.26. The number of nitrogens with one attached hydrogen (secondary N) is 1. The molecule has 0 amide bonds. The van der Waals surface area contributed by atoms with Crippen molar-refractivity contribution < 1.29 is 4.74 Å². The Hall–Kier alpha value is -2.10. The summed E-state index contributed by atoms with van der Waals surface area (Å²) in [5.74, 6) is 0. The first-order chi connectivity index (χ1) is 13.2. The summed E-state index contributed by atoms with van der Waals surface area (Å²) in [6, 6.07) is 6.31. The molecule has 0 radical (unpaired) electrons. The van der Waals surface area contributed by atoms with Gasteiger partial charge in [-0.05, 0) is 57.6 Å². The van der Waals surface area contributed by atoms with Gasteiger partial charge in [0.05, 0.1) is 23.7 Å². The fraction of sp³-hybridized carbons (Fsp3) is 0.619. The van der Waals surface area contributed by atoms with Gasteiger partial charge in [-0.3, -0.25) is 4.57 Å². The van der Waals surface area contributed by atoms with Gasteiger partial charge in [0, 0.05) is 31.8 Å². The summed E-state index contributed by atoms with van der Waals surface area (Å²) in [5.41, 5.74) is 2.22. The lowest BCUT2D eigenvalue weighted by atomic mass is 9.90. The van der Waals surface area contributed by atoms with Gasteiger partial charge in [0.1, 0.15) is 0 Å². The van der Waals surface area contributed by atoms with E-state index in [-0.39, 0.29) is 11.7 Å². The minimum absolute atomic E-state index is 0.0530. The zero-order valence-corrected chi connectivity index (χ0v) is 16.0. The number of likely N-dealkylation sites (tertiary alicyclic amines) is 1. The summed E-state index contributed by atoms with van der Waals surface area (Å²) in [5, 5.41) is 0. The van der Waals surface area contributed by atoms with Crippen molar-refractivity contribution in [3.63, 3.8) is 0 Å². The normalized spacial score (nSPS) is 24.9. The van der Waals surface area contributed by atoms with Crippen LogP contribution >= 0.6 is 0 Å². The Bertz CT molecular complexity index is 878. The molecule has 1 aliphatic heterocycles. The lowest BCUT2D eigenvalue weighted by Gasteiger charge is -2.41. The van der Waals surface area contributed by atoms with E-state index in [1.165, 1.54) is 25.7 Å². The highest BCUT2D eigenvalue weighted by Crippen LogP contribution is 2.31. The van der Waals surface area contributed by atoms with E-state index < -0.39 is 0 Å². The molecule has 1 N–H and O–H groups in total. The van der Waals surface area contributed by atoms with Gasteiger partial charge in [-0.15, -0.1) is 0 Å². The molecule has 0 atom stereocenters. The number of aromatic nitrogens is 2. The number of hydrogen-bond acceptors (Lipinski definition) is 3. The molecular formula is C21H28N4O2. The minimum Gasteiger partial charge on any atom is -0.379 e. The molecule has 144 valence electrons. The van der Waals surface area contributed by atoms with Crippen LogP contribution in [0.1, 0.15) is 51.5 Å². The van der Waals surface area contributed by atoms with Crippen LogP contribution in [0.3, 0.4) is 0 Å². The Balaban J connectivity index is 1.43. The average molecular weight is 368 g/mol. The zero-order chi connectivity index (χ0) is 18.8. The van der Waals surface area contributed by atoms with E-state index in [1.54, 1.807) is 6.07 Å². The van der Waals surface area contributed by atoms with Gasteiger partial charge in [0.15, 0.2) is 5.69 Å². The second kappa shape index (κ2) is 7.87. The van der Waals surface area contributed by atoms with Gasteiger partial charge in [-0.2, -0.15) is 0 Å². The van der Waals surface area contributed by atoms with E-state index in [2.05, 4.69) is 21.7 Å². The molecule has 2 fully saturated rings. The van der Waals surface area contributed by atoms with Crippen LogP contribution in [0.25, 0.3) is 15.9 Å². The minimum atomic E-state index is -0.0530. The predicted molar refractivity (Wildman–Crippen MR) is 106 cm³/mol. The van der Waals surface area contributed by atoms with Crippen molar-refractivity contribution in [1.82, 2.24) is 14.5 Å². The summed E-state index contributed by atoms with van der Waals surface area (Å²) in [7, 11) is 0. The SMILES string of the molecule is [C-]#[N+]c1ccc2[nH]c(=O)n(C3CCN([C@H]4CC[C@H](OCC)CC4)CC3)c2c1. The van der Waals surface area contributed by atoms with E-state index in [0.29, 0.717) is 17.8 Å². The van der Waals surface area contributed by atoms with Crippen molar-refractivity contribution in [1.29, 1.82) is 0 Å². The fourth-order valence-electron chi connectivity index (χ4n) is 4.86. The highest BCUT2D eigenvalue weighted by Gasteiger charge is 2.30. The molecule has 2 heterocycles. The molecule has 2 aliphatic rings. The lowest BCUT2D eigenvalue weighted by Crippen LogP contribution is -2.45. The summed E-state index contributed by atoms with van der Waals surface area (Å²) in [6.45, 7) is 12.2. The first-order valence-electron chi connectivity index (χ1n) is 10.2. The van der Waals surface area contributed by atoms with Crippen LogP contribution in [-0.4, -0.2) is 46.3 Å². The van der Waals surface area contributed by atoms with Crippen LogP contribution in [0.4, 0.5) is 5.69 Å². The van der Waals surface area contributed by atoms with Crippen LogP contribution in [0.15, 0.2) is 23.0 Å². The molecule has 0 bridgehead atoms. The fourth-order valence-corrected chi connectivity index (χ4v) is 4.86. The van der Waals surface area contributed by atoms with E-state index in [0.717, 1.165) is 43.6 Å². The Morgan fingerprint density at radius 1 is 1.15 bits per heavy atom. The zero-order valence-electron chi connectivity index (χ0n) is 16.0.